The van der Waals surface area contributed by atoms with Crippen molar-refractivity contribution < 1.29 is 55.0 Å². The van der Waals surface area contributed by atoms with Crippen molar-refractivity contribution >= 4 is 47.3 Å². The zero-order valence-corrected chi connectivity index (χ0v) is 19.8. The fourth-order valence-electron chi connectivity index (χ4n) is 2.74. The summed E-state index contributed by atoms with van der Waals surface area (Å²) < 4.78 is 9.78. The molecule has 10 nitrogen and oxygen atoms in total. The van der Waals surface area contributed by atoms with E-state index in [4.69, 9.17) is 8.83 Å². The first-order valence-corrected chi connectivity index (χ1v) is 10.2. The van der Waals surface area contributed by atoms with Crippen LogP contribution in [-0.2, 0) is 16.8 Å². The molecule has 0 aliphatic rings. The number of hydrogen-bond donors (Lipinski definition) is 0. The molecule has 2 aromatic carbocycles. The summed E-state index contributed by atoms with van der Waals surface area (Å²) in [4.78, 5) is 52.4. The van der Waals surface area contributed by atoms with Gasteiger partial charge in [-0.2, -0.15) is 0 Å². The van der Waals surface area contributed by atoms with E-state index < -0.39 is 23.5 Å². The molecule has 0 atom stereocenters. The molecule has 187 valence electrons. The number of rotatable bonds is 8. The molecule has 0 N–H and O–H groups in total. The van der Waals surface area contributed by atoms with Gasteiger partial charge in [0, 0.05) is 11.1 Å². The summed E-state index contributed by atoms with van der Waals surface area (Å²) in [7, 11) is 0. The summed E-state index contributed by atoms with van der Waals surface area (Å²) in [5, 5.41) is 21.6. The fourth-order valence-corrected chi connectivity index (χ4v) is 2.74. The molecular formula is C26H16CoN2O8. The first-order valence-electron chi connectivity index (χ1n) is 10.2. The second kappa shape index (κ2) is 13.9. The summed E-state index contributed by atoms with van der Waals surface area (Å²) in [5.41, 5.74) is 0.191. The van der Waals surface area contributed by atoms with Crippen LogP contribution in [0.3, 0.4) is 0 Å². The average molecular weight is 543 g/mol. The van der Waals surface area contributed by atoms with Gasteiger partial charge in [-0.1, -0.05) is 36.4 Å². The van der Waals surface area contributed by atoms with Crippen molar-refractivity contribution in [1.82, 2.24) is 0 Å². The first kappa shape index (κ1) is 28.4. The van der Waals surface area contributed by atoms with Crippen LogP contribution in [0.15, 0.2) is 104 Å². The van der Waals surface area contributed by atoms with Gasteiger partial charge in [-0.15, -0.1) is 0 Å². The Labute approximate surface area is 220 Å². The van der Waals surface area contributed by atoms with E-state index in [-0.39, 0.29) is 50.8 Å². The van der Waals surface area contributed by atoms with E-state index in [1.54, 1.807) is 36.4 Å². The van der Waals surface area contributed by atoms with E-state index in [9.17, 15) is 29.4 Å². The van der Waals surface area contributed by atoms with Crippen molar-refractivity contribution in [2.75, 3.05) is 0 Å². The number of carboxylic acid groups (broad SMARTS) is 2. The van der Waals surface area contributed by atoms with Gasteiger partial charge in [0.2, 0.25) is 11.6 Å². The van der Waals surface area contributed by atoms with Gasteiger partial charge >= 0.3 is 16.8 Å². The van der Waals surface area contributed by atoms with Crippen LogP contribution in [0.4, 0.5) is 11.4 Å². The number of carbonyl (C=O) groups excluding carboxylic acids is 4. The molecular weight excluding hydrogens is 527 g/mol. The van der Waals surface area contributed by atoms with E-state index >= 15 is 0 Å². The Morgan fingerprint density at radius 2 is 0.973 bits per heavy atom. The second-order valence-electron chi connectivity index (χ2n) is 6.81. The number of ketones is 2. The minimum atomic E-state index is -1.34. The molecule has 4 aromatic rings. The fraction of sp³-hybridized carbons (Fsp3) is 0. The van der Waals surface area contributed by atoms with Crippen LogP contribution in [0.1, 0.15) is 41.8 Å². The van der Waals surface area contributed by atoms with Crippen LogP contribution in [0.2, 0.25) is 0 Å². The molecule has 2 heterocycles. The zero-order chi connectivity index (χ0) is 25.9. The monoisotopic (exact) mass is 543 g/mol. The van der Waals surface area contributed by atoms with Crippen molar-refractivity contribution in [2.24, 2.45) is 9.98 Å². The molecule has 11 heteroatoms. The van der Waals surface area contributed by atoms with Crippen molar-refractivity contribution in [3.05, 3.63) is 108 Å². The maximum absolute atomic E-state index is 11.6. The standard InChI is InChI=1S/2C13H9NO4.Co/c2*15-11(12-6-3-7-18-12)8-14-10-5-2-1-4-9(10)13(16)17;/h2*1-8H,(H,16,17);/q;;+2/p-2. The Morgan fingerprint density at radius 3 is 1.30 bits per heavy atom. The summed E-state index contributed by atoms with van der Waals surface area (Å²) >= 11 is 0. The van der Waals surface area contributed by atoms with Gasteiger partial charge in [0.15, 0.2) is 11.5 Å². The summed E-state index contributed by atoms with van der Waals surface area (Å²) in [6, 6.07) is 18.2. The smallest absolute Gasteiger partial charge is 0.545 e. The molecule has 0 bridgehead atoms. The molecule has 0 amide bonds. The minimum Gasteiger partial charge on any atom is -0.545 e. The third-order valence-electron chi connectivity index (χ3n) is 4.42. The van der Waals surface area contributed by atoms with Crippen LogP contribution in [-0.4, -0.2) is 35.9 Å². The van der Waals surface area contributed by atoms with Gasteiger partial charge in [-0.05, 0) is 36.4 Å². The van der Waals surface area contributed by atoms with E-state index in [2.05, 4.69) is 9.98 Å². The SMILES string of the molecule is O=C(C=Nc1ccccc1C(=O)[O-])c1ccco1.O=C(C=Nc1ccccc1C(=O)[O-])c1ccco1.[Co+2]. The van der Waals surface area contributed by atoms with Gasteiger partial charge < -0.3 is 28.6 Å². The molecule has 1 radical (unpaired) electrons. The maximum atomic E-state index is 11.6. The molecule has 0 saturated carbocycles. The number of aliphatic imine (C=N–C) groups is 2. The number of carbonyl (C=O) groups is 4. The Balaban J connectivity index is 0.000000253. The number of hydrogen-bond acceptors (Lipinski definition) is 10. The van der Waals surface area contributed by atoms with Crippen molar-refractivity contribution in [2.45, 2.75) is 0 Å². The van der Waals surface area contributed by atoms with Crippen LogP contribution in [0.5, 0.6) is 0 Å². The Kier molecular flexibility index (Phi) is 10.6. The van der Waals surface area contributed by atoms with Crippen LogP contribution in [0.25, 0.3) is 0 Å². The predicted octanol–water partition coefficient (Wildman–Crippen LogP) is 2.45. The summed E-state index contributed by atoms with van der Waals surface area (Å²) in [6.07, 6.45) is 4.77. The quantitative estimate of drug-likeness (QED) is 0.241. The van der Waals surface area contributed by atoms with Gasteiger partial charge in [0.05, 0.1) is 48.3 Å². The number of carboxylic acids is 2. The molecule has 4 rings (SSSR count). The zero-order valence-electron chi connectivity index (χ0n) is 18.7. The van der Waals surface area contributed by atoms with Crippen molar-refractivity contribution in [1.29, 1.82) is 0 Å². The third-order valence-corrected chi connectivity index (χ3v) is 4.42. The second-order valence-corrected chi connectivity index (χ2v) is 6.81. The van der Waals surface area contributed by atoms with Gasteiger partial charge in [0.1, 0.15) is 0 Å². The number of Topliss-reactive ketones (excluding diaryl/α,β-unsaturated/α-hetero) is 2. The number of aromatic carboxylic acids is 2. The predicted molar refractivity (Wildman–Crippen MR) is 124 cm³/mol. The maximum Gasteiger partial charge on any atom is 2.00 e. The Hall–Kier alpha value is -4.87. The minimum absolute atomic E-state index is 0. The van der Waals surface area contributed by atoms with Crippen LogP contribution in [0, 0.1) is 0 Å². The number of benzene rings is 2. The van der Waals surface area contributed by atoms with Gasteiger partial charge in [-0.3, -0.25) is 19.6 Å². The van der Waals surface area contributed by atoms with Crippen molar-refractivity contribution in [3.8, 4) is 0 Å². The largest absolute Gasteiger partial charge is 2.00 e. The first-order chi connectivity index (χ1) is 17.4. The molecule has 0 unspecified atom stereocenters. The van der Waals surface area contributed by atoms with Gasteiger partial charge in [-0.25, -0.2) is 0 Å². The topological polar surface area (TPSA) is 165 Å². The summed E-state index contributed by atoms with van der Waals surface area (Å²) in [5.74, 6) is -3.27. The van der Waals surface area contributed by atoms with E-state index in [0.717, 1.165) is 12.4 Å². The molecule has 0 aliphatic heterocycles. The molecule has 37 heavy (non-hydrogen) atoms. The van der Waals surface area contributed by atoms with Crippen LogP contribution < -0.4 is 10.2 Å². The molecule has 0 saturated heterocycles. The van der Waals surface area contributed by atoms with Gasteiger partial charge in [0.25, 0.3) is 0 Å². The molecule has 0 spiro atoms. The average Bonchev–Trinajstić information content (AvgIpc) is 3.61. The normalized spacial score (nSPS) is 10.4. The van der Waals surface area contributed by atoms with Crippen molar-refractivity contribution in [3.63, 3.8) is 0 Å². The van der Waals surface area contributed by atoms with Crippen LogP contribution >= 0.6 is 0 Å². The number of para-hydroxylation sites is 2. The Morgan fingerprint density at radius 1 is 0.595 bits per heavy atom. The van der Waals surface area contributed by atoms with E-state index in [0.29, 0.717) is 0 Å². The van der Waals surface area contributed by atoms with E-state index in [1.165, 1.54) is 48.9 Å². The third kappa shape index (κ3) is 8.09. The summed E-state index contributed by atoms with van der Waals surface area (Å²) in [6.45, 7) is 0. The Bertz CT molecular complexity index is 1310. The molecule has 2 aromatic heterocycles. The molecule has 0 fully saturated rings. The number of nitrogens with zero attached hydrogens (tertiary/aromatic N) is 2. The molecule has 0 aliphatic carbocycles. The van der Waals surface area contributed by atoms with E-state index in [1.807, 2.05) is 0 Å². The number of furan rings is 2.